The summed E-state index contributed by atoms with van der Waals surface area (Å²) in [5.74, 6) is -1.97. The molecular formula is C14H25NO3. The highest BCUT2D eigenvalue weighted by Crippen LogP contribution is 2.30. The summed E-state index contributed by atoms with van der Waals surface area (Å²) in [7, 11) is 0. The molecule has 0 aromatic carbocycles. The lowest BCUT2D eigenvalue weighted by molar-refractivity contribution is -0.149. The molecule has 0 aromatic heterocycles. The van der Waals surface area contributed by atoms with Gasteiger partial charge in [0, 0.05) is 19.0 Å². The third kappa shape index (κ3) is 3.72. The van der Waals surface area contributed by atoms with Crippen LogP contribution in [0.5, 0.6) is 0 Å². The van der Waals surface area contributed by atoms with Crippen molar-refractivity contribution in [2.45, 2.75) is 47.0 Å². The van der Waals surface area contributed by atoms with Crippen molar-refractivity contribution < 1.29 is 14.7 Å². The first kappa shape index (κ1) is 15.0. The lowest BCUT2D eigenvalue weighted by Gasteiger charge is -2.27. The maximum atomic E-state index is 12.3. The van der Waals surface area contributed by atoms with E-state index in [-0.39, 0.29) is 11.3 Å². The molecule has 0 bridgehead atoms. The number of hydrogen-bond acceptors (Lipinski definition) is 2. The Morgan fingerprint density at radius 3 is 2.28 bits per heavy atom. The summed E-state index contributed by atoms with van der Waals surface area (Å²) >= 11 is 0. The van der Waals surface area contributed by atoms with E-state index in [2.05, 4.69) is 13.8 Å². The summed E-state index contributed by atoms with van der Waals surface area (Å²) in [6, 6.07) is 0. The van der Waals surface area contributed by atoms with Crippen LogP contribution in [0.3, 0.4) is 0 Å². The zero-order valence-electron chi connectivity index (χ0n) is 11.9. The van der Waals surface area contributed by atoms with Crippen molar-refractivity contribution in [2.24, 2.45) is 17.3 Å². The van der Waals surface area contributed by atoms with Crippen LogP contribution < -0.4 is 0 Å². The van der Waals surface area contributed by atoms with Crippen molar-refractivity contribution in [2.75, 3.05) is 13.1 Å². The molecule has 0 aliphatic carbocycles. The fourth-order valence-corrected chi connectivity index (χ4v) is 2.36. The molecule has 1 N–H and O–H groups in total. The molecule has 1 saturated heterocycles. The van der Waals surface area contributed by atoms with E-state index >= 15 is 0 Å². The van der Waals surface area contributed by atoms with E-state index in [0.29, 0.717) is 0 Å². The molecule has 0 radical (unpaired) electrons. The molecule has 104 valence electrons. The summed E-state index contributed by atoms with van der Waals surface area (Å²) < 4.78 is 0. The van der Waals surface area contributed by atoms with E-state index in [4.69, 9.17) is 5.11 Å². The van der Waals surface area contributed by atoms with Crippen LogP contribution in [-0.4, -0.2) is 35.0 Å². The first-order chi connectivity index (χ1) is 8.24. The molecule has 0 aromatic rings. The molecule has 0 saturated carbocycles. The van der Waals surface area contributed by atoms with Crippen LogP contribution in [0.25, 0.3) is 0 Å². The Bertz CT molecular complexity index is 325. The molecule has 1 heterocycles. The molecule has 0 spiro atoms. The Kier molecular flexibility index (Phi) is 4.77. The zero-order chi connectivity index (χ0) is 13.9. The van der Waals surface area contributed by atoms with Crippen molar-refractivity contribution in [3.63, 3.8) is 0 Å². The predicted octanol–water partition coefficient (Wildman–Crippen LogP) is 2.38. The normalized spacial score (nSPS) is 23.0. The lowest BCUT2D eigenvalue weighted by Crippen LogP contribution is -2.39. The van der Waals surface area contributed by atoms with Gasteiger partial charge in [0.2, 0.25) is 5.91 Å². The minimum absolute atomic E-state index is 0.0115. The minimum Gasteiger partial charge on any atom is -0.481 e. The molecule has 1 rings (SSSR count). The largest absolute Gasteiger partial charge is 0.481 e. The number of hydrogen-bond donors (Lipinski definition) is 1. The molecule has 4 nitrogen and oxygen atoms in total. The van der Waals surface area contributed by atoms with E-state index in [1.165, 1.54) is 0 Å². The quantitative estimate of drug-likeness (QED) is 0.842. The van der Waals surface area contributed by atoms with Gasteiger partial charge in [-0.2, -0.15) is 0 Å². The van der Waals surface area contributed by atoms with E-state index in [1.807, 2.05) is 4.90 Å². The highest BCUT2D eigenvalue weighted by atomic mass is 16.4. The van der Waals surface area contributed by atoms with Crippen LogP contribution in [0.1, 0.15) is 47.0 Å². The van der Waals surface area contributed by atoms with Gasteiger partial charge in [0.25, 0.3) is 0 Å². The van der Waals surface area contributed by atoms with Gasteiger partial charge >= 0.3 is 5.97 Å². The van der Waals surface area contributed by atoms with Crippen molar-refractivity contribution in [1.82, 2.24) is 4.90 Å². The molecule has 1 fully saturated rings. The lowest BCUT2D eigenvalue weighted by atomic mass is 9.85. The molecule has 2 unspecified atom stereocenters. The highest BCUT2D eigenvalue weighted by Gasteiger charge is 2.31. The fraction of sp³-hybridized carbons (Fsp3) is 0.857. The van der Waals surface area contributed by atoms with Gasteiger partial charge in [-0.25, -0.2) is 0 Å². The molecule has 1 aliphatic heterocycles. The summed E-state index contributed by atoms with van der Waals surface area (Å²) in [5.41, 5.74) is 0.288. The number of aliphatic carboxylic acids is 1. The van der Waals surface area contributed by atoms with E-state index in [9.17, 15) is 9.59 Å². The second-order valence-corrected chi connectivity index (χ2v) is 6.26. The Morgan fingerprint density at radius 2 is 1.72 bits per heavy atom. The number of likely N-dealkylation sites (tertiary alicyclic amines) is 1. The van der Waals surface area contributed by atoms with E-state index in [0.717, 1.165) is 32.4 Å². The predicted molar refractivity (Wildman–Crippen MR) is 70.2 cm³/mol. The summed E-state index contributed by atoms with van der Waals surface area (Å²) in [6.45, 7) is 9.29. The molecule has 2 atom stereocenters. The summed E-state index contributed by atoms with van der Waals surface area (Å²) in [6.07, 6.45) is 3.12. The third-order valence-electron chi connectivity index (χ3n) is 4.18. The Labute approximate surface area is 109 Å². The van der Waals surface area contributed by atoms with Gasteiger partial charge < -0.3 is 10.0 Å². The van der Waals surface area contributed by atoms with Crippen LogP contribution >= 0.6 is 0 Å². The average Bonchev–Trinajstić information content (AvgIpc) is 2.47. The Balaban J connectivity index is 2.64. The molecule has 1 aliphatic rings. The first-order valence-corrected chi connectivity index (χ1v) is 6.76. The molecule has 18 heavy (non-hydrogen) atoms. The van der Waals surface area contributed by atoms with Crippen molar-refractivity contribution in [3.8, 4) is 0 Å². The zero-order valence-corrected chi connectivity index (χ0v) is 11.9. The standard InChI is InChI=1S/C14H25NO3/c1-10(11(2)13(17)18)12(16)15-8-5-6-14(3,4)7-9-15/h10-11H,5-9H2,1-4H3,(H,17,18). The number of rotatable bonds is 3. The van der Waals surface area contributed by atoms with Crippen LogP contribution in [0.15, 0.2) is 0 Å². The maximum Gasteiger partial charge on any atom is 0.307 e. The molecule has 4 heteroatoms. The van der Waals surface area contributed by atoms with Gasteiger partial charge in [-0.3, -0.25) is 9.59 Å². The number of carboxylic acid groups (broad SMARTS) is 1. The maximum absolute atomic E-state index is 12.3. The van der Waals surface area contributed by atoms with E-state index in [1.54, 1.807) is 13.8 Å². The average molecular weight is 255 g/mol. The van der Waals surface area contributed by atoms with E-state index < -0.39 is 17.8 Å². The summed E-state index contributed by atoms with van der Waals surface area (Å²) in [5, 5.41) is 8.97. The SMILES string of the molecule is CC(C(=O)O)C(C)C(=O)N1CCCC(C)(C)CC1. The third-order valence-corrected chi connectivity index (χ3v) is 4.18. The van der Waals surface area contributed by atoms with Gasteiger partial charge in [0.1, 0.15) is 0 Å². The van der Waals surface area contributed by atoms with Gasteiger partial charge in [-0.05, 0) is 24.7 Å². The summed E-state index contributed by atoms with van der Waals surface area (Å²) in [4.78, 5) is 25.0. The topological polar surface area (TPSA) is 57.6 Å². The molecular weight excluding hydrogens is 230 g/mol. The highest BCUT2D eigenvalue weighted by molar-refractivity contribution is 5.84. The smallest absolute Gasteiger partial charge is 0.307 e. The minimum atomic E-state index is -0.897. The van der Waals surface area contributed by atoms with Gasteiger partial charge in [-0.1, -0.05) is 27.7 Å². The number of amides is 1. The number of carboxylic acids is 1. The van der Waals surface area contributed by atoms with Crippen LogP contribution in [0.2, 0.25) is 0 Å². The number of carbonyl (C=O) groups excluding carboxylic acids is 1. The van der Waals surface area contributed by atoms with Crippen molar-refractivity contribution in [1.29, 1.82) is 0 Å². The van der Waals surface area contributed by atoms with Gasteiger partial charge in [-0.15, -0.1) is 0 Å². The van der Waals surface area contributed by atoms with Crippen LogP contribution in [-0.2, 0) is 9.59 Å². The Morgan fingerprint density at radius 1 is 1.11 bits per heavy atom. The number of nitrogens with zero attached hydrogens (tertiary/aromatic N) is 1. The second kappa shape index (κ2) is 5.72. The number of carbonyl (C=O) groups is 2. The monoisotopic (exact) mass is 255 g/mol. The van der Waals surface area contributed by atoms with Gasteiger partial charge in [0.15, 0.2) is 0 Å². The molecule has 1 amide bonds. The first-order valence-electron chi connectivity index (χ1n) is 6.76. The van der Waals surface area contributed by atoms with Crippen LogP contribution in [0, 0.1) is 17.3 Å². The van der Waals surface area contributed by atoms with Crippen molar-refractivity contribution >= 4 is 11.9 Å². The Hall–Kier alpha value is -1.06. The van der Waals surface area contributed by atoms with Crippen molar-refractivity contribution in [3.05, 3.63) is 0 Å². The van der Waals surface area contributed by atoms with Crippen LogP contribution in [0.4, 0.5) is 0 Å². The van der Waals surface area contributed by atoms with Gasteiger partial charge in [0.05, 0.1) is 5.92 Å². The second-order valence-electron chi connectivity index (χ2n) is 6.26. The fourth-order valence-electron chi connectivity index (χ4n) is 2.36.